The van der Waals surface area contributed by atoms with Crippen LogP contribution in [0.1, 0.15) is 44.0 Å². The molecule has 0 aliphatic heterocycles. The Labute approximate surface area is 138 Å². The standard InChI is InChI=1S/C14H16Cl2N4S/c1-3-9(4-2)13-18-19-14(21)20(13)17-8-10-6-5-7-11(15)12(10)16/h5-9H,3-4H2,1-2H3,(H,19,21)/b17-8-. The third-order valence-corrected chi connectivity index (χ3v) is 4.42. The number of nitrogens with zero attached hydrogens (tertiary/aromatic N) is 3. The number of hydrogen-bond acceptors (Lipinski definition) is 3. The van der Waals surface area contributed by atoms with Gasteiger partial charge >= 0.3 is 0 Å². The molecule has 1 aromatic heterocycles. The lowest BCUT2D eigenvalue weighted by molar-refractivity contribution is 0.571. The van der Waals surface area contributed by atoms with E-state index in [1.54, 1.807) is 17.0 Å². The maximum absolute atomic E-state index is 6.15. The van der Waals surface area contributed by atoms with Crippen molar-refractivity contribution in [3.8, 4) is 0 Å². The minimum absolute atomic E-state index is 0.310. The highest BCUT2D eigenvalue weighted by atomic mass is 35.5. The van der Waals surface area contributed by atoms with E-state index in [9.17, 15) is 0 Å². The second kappa shape index (κ2) is 7.20. The Balaban J connectivity index is 2.40. The number of aromatic amines is 1. The van der Waals surface area contributed by atoms with Crippen molar-refractivity contribution in [2.75, 3.05) is 0 Å². The molecule has 21 heavy (non-hydrogen) atoms. The third kappa shape index (κ3) is 3.54. The first-order chi connectivity index (χ1) is 10.1. The molecule has 112 valence electrons. The molecular formula is C14H16Cl2N4S. The molecule has 0 amide bonds. The highest BCUT2D eigenvalue weighted by Crippen LogP contribution is 2.25. The van der Waals surface area contributed by atoms with Crippen molar-refractivity contribution in [3.05, 3.63) is 44.4 Å². The van der Waals surface area contributed by atoms with E-state index in [1.165, 1.54) is 0 Å². The average Bonchev–Trinajstić information content (AvgIpc) is 2.83. The van der Waals surface area contributed by atoms with Gasteiger partial charge in [-0.3, -0.25) is 5.10 Å². The fourth-order valence-electron chi connectivity index (χ4n) is 2.07. The Hall–Kier alpha value is -1.17. The van der Waals surface area contributed by atoms with Crippen LogP contribution in [0.5, 0.6) is 0 Å². The van der Waals surface area contributed by atoms with E-state index in [2.05, 4.69) is 29.1 Å². The average molecular weight is 343 g/mol. The molecule has 0 radical (unpaired) electrons. The molecule has 0 aliphatic carbocycles. The van der Waals surface area contributed by atoms with Crippen LogP contribution in [0.2, 0.25) is 10.0 Å². The zero-order valence-electron chi connectivity index (χ0n) is 11.8. The molecule has 0 atom stereocenters. The van der Waals surface area contributed by atoms with Crippen LogP contribution in [0.3, 0.4) is 0 Å². The summed E-state index contributed by atoms with van der Waals surface area (Å²) in [7, 11) is 0. The minimum Gasteiger partial charge on any atom is -0.250 e. The Bertz CT molecular complexity index is 701. The zero-order chi connectivity index (χ0) is 15.4. The third-order valence-electron chi connectivity index (χ3n) is 3.32. The first-order valence-corrected chi connectivity index (χ1v) is 7.90. The number of hydrogen-bond donors (Lipinski definition) is 1. The van der Waals surface area contributed by atoms with Gasteiger partial charge in [0.2, 0.25) is 4.77 Å². The lowest BCUT2D eigenvalue weighted by Gasteiger charge is -2.10. The predicted octanol–water partition coefficient (Wildman–Crippen LogP) is 5.03. The van der Waals surface area contributed by atoms with Crippen LogP contribution in [0, 0.1) is 4.77 Å². The van der Waals surface area contributed by atoms with E-state index in [0.717, 1.165) is 24.2 Å². The Morgan fingerprint density at radius 2 is 2.10 bits per heavy atom. The van der Waals surface area contributed by atoms with E-state index < -0.39 is 0 Å². The fraction of sp³-hybridized carbons (Fsp3) is 0.357. The number of halogens is 2. The van der Waals surface area contributed by atoms with Crippen molar-refractivity contribution in [1.82, 2.24) is 14.9 Å². The summed E-state index contributed by atoms with van der Waals surface area (Å²) in [4.78, 5) is 0. The molecule has 0 bridgehead atoms. The summed E-state index contributed by atoms with van der Waals surface area (Å²) in [5.74, 6) is 1.14. The number of benzene rings is 1. The second-order valence-electron chi connectivity index (χ2n) is 4.60. The number of aromatic nitrogens is 3. The van der Waals surface area contributed by atoms with Crippen molar-refractivity contribution in [2.45, 2.75) is 32.6 Å². The summed E-state index contributed by atoms with van der Waals surface area (Å²) in [5, 5.41) is 12.5. The van der Waals surface area contributed by atoms with E-state index in [4.69, 9.17) is 35.4 Å². The second-order valence-corrected chi connectivity index (χ2v) is 5.77. The molecule has 4 nitrogen and oxygen atoms in total. The highest BCUT2D eigenvalue weighted by molar-refractivity contribution is 7.71. The molecular weight excluding hydrogens is 327 g/mol. The molecule has 0 fully saturated rings. The summed E-state index contributed by atoms with van der Waals surface area (Å²) in [5.41, 5.74) is 0.739. The van der Waals surface area contributed by atoms with Crippen LogP contribution >= 0.6 is 35.4 Å². The number of nitrogens with one attached hydrogen (secondary N) is 1. The van der Waals surface area contributed by atoms with Gasteiger partial charge in [-0.25, -0.2) is 0 Å². The summed E-state index contributed by atoms with van der Waals surface area (Å²) < 4.78 is 2.11. The summed E-state index contributed by atoms with van der Waals surface area (Å²) in [6.45, 7) is 4.24. The molecule has 1 heterocycles. The number of rotatable bonds is 5. The van der Waals surface area contributed by atoms with E-state index in [1.807, 2.05) is 12.1 Å². The topological polar surface area (TPSA) is 46.0 Å². The molecule has 1 aromatic carbocycles. The molecule has 0 saturated carbocycles. The molecule has 2 rings (SSSR count). The molecule has 0 unspecified atom stereocenters. The van der Waals surface area contributed by atoms with Gasteiger partial charge in [-0.1, -0.05) is 49.2 Å². The van der Waals surface area contributed by atoms with Crippen LogP contribution in [-0.4, -0.2) is 21.1 Å². The van der Waals surface area contributed by atoms with Crippen LogP contribution in [0.25, 0.3) is 0 Å². The van der Waals surface area contributed by atoms with Crippen molar-refractivity contribution in [1.29, 1.82) is 0 Å². The maximum atomic E-state index is 6.15. The van der Waals surface area contributed by atoms with Gasteiger partial charge in [-0.2, -0.15) is 14.9 Å². The smallest absolute Gasteiger partial charge is 0.216 e. The molecule has 2 aromatic rings. The largest absolute Gasteiger partial charge is 0.250 e. The number of H-pyrrole nitrogens is 1. The fourth-order valence-corrected chi connectivity index (χ4v) is 2.62. The minimum atomic E-state index is 0.310. The molecule has 0 spiro atoms. The van der Waals surface area contributed by atoms with Crippen molar-refractivity contribution < 1.29 is 0 Å². The highest BCUT2D eigenvalue weighted by Gasteiger charge is 2.15. The Morgan fingerprint density at radius 1 is 1.38 bits per heavy atom. The van der Waals surface area contributed by atoms with Gasteiger partial charge < -0.3 is 0 Å². The predicted molar refractivity (Wildman–Crippen MR) is 90.2 cm³/mol. The van der Waals surface area contributed by atoms with Crippen LogP contribution in [0.4, 0.5) is 0 Å². The molecule has 0 aliphatic rings. The van der Waals surface area contributed by atoms with Gasteiger partial charge in [0.1, 0.15) is 0 Å². The van der Waals surface area contributed by atoms with Crippen molar-refractivity contribution in [2.24, 2.45) is 5.10 Å². The van der Waals surface area contributed by atoms with Gasteiger partial charge in [0, 0.05) is 11.5 Å². The van der Waals surface area contributed by atoms with Gasteiger partial charge in [-0.15, -0.1) is 0 Å². The molecule has 0 saturated heterocycles. The SMILES string of the molecule is CCC(CC)c1n[nH]c(=S)n1/N=C\c1cccc(Cl)c1Cl. The van der Waals surface area contributed by atoms with Gasteiger partial charge in [0.15, 0.2) is 5.82 Å². The van der Waals surface area contributed by atoms with Crippen molar-refractivity contribution in [3.63, 3.8) is 0 Å². The first-order valence-electron chi connectivity index (χ1n) is 6.74. The van der Waals surface area contributed by atoms with Gasteiger partial charge in [-0.05, 0) is 31.1 Å². The lowest BCUT2D eigenvalue weighted by atomic mass is 10.0. The van der Waals surface area contributed by atoms with Gasteiger partial charge in [0.05, 0.1) is 16.3 Å². The quantitative estimate of drug-likeness (QED) is 0.611. The maximum Gasteiger partial charge on any atom is 0.216 e. The Kier molecular flexibility index (Phi) is 5.56. The molecule has 1 N–H and O–H groups in total. The van der Waals surface area contributed by atoms with Crippen molar-refractivity contribution >= 4 is 41.6 Å². The summed E-state index contributed by atoms with van der Waals surface area (Å²) in [6, 6.07) is 5.41. The lowest BCUT2D eigenvalue weighted by Crippen LogP contribution is -2.05. The molecule has 7 heteroatoms. The van der Waals surface area contributed by atoms with Crippen LogP contribution in [-0.2, 0) is 0 Å². The monoisotopic (exact) mass is 342 g/mol. The normalized spacial score (nSPS) is 11.7. The first kappa shape index (κ1) is 16.2. The van der Waals surface area contributed by atoms with E-state index >= 15 is 0 Å². The van der Waals surface area contributed by atoms with Gasteiger partial charge in [0.25, 0.3) is 0 Å². The summed E-state index contributed by atoms with van der Waals surface area (Å²) in [6.07, 6.45) is 3.60. The summed E-state index contributed by atoms with van der Waals surface area (Å²) >= 11 is 17.4. The van der Waals surface area contributed by atoms with E-state index in [-0.39, 0.29) is 0 Å². The Morgan fingerprint density at radius 3 is 2.76 bits per heavy atom. The van der Waals surface area contributed by atoms with E-state index in [0.29, 0.717) is 20.7 Å². The zero-order valence-corrected chi connectivity index (χ0v) is 14.1. The van der Waals surface area contributed by atoms with Crippen LogP contribution in [0.15, 0.2) is 23.3 Å². The van der Waals surface area contributed by atoms with Crippen LogP contribution < -0.4 is 0 Å².